The quantitative estimate of drug-likeness (QED) is 0.294. The number of carbonyl (C=O) groups is 3. The van der Waals surface area contributed by atoms with E-state index in [1.807, 2.05) is 61.7 Å². The molecule has 5 rings (SSSR count). The van der Waals surface area contributed by atoms with E-state index in [1.54, 1.807) is 30.3 Å². The predicted molar refractivity (Wildman–Crippen MR) is 147 cm³/mol. The second-order valence-electron chi connectivity index (χ2n) is 8.49. The normalized spacial score (nSPS) is 13.3. The number of aromatic nitrogens is 1. The number of nitrogens with one attached hydrogen (secondary N) is 2. The van der Waals surface area contributed by atoms with E-state index in [4.69, 9.17) is 11.6 Å². The Labute approximate surface area is 222 Å². The van der Waals surface area contributed by atoms with Gasteiger partial charge in [-0.05, 0) is 43.7 Å². The summed E-state index contributed by atoms with van der Waals surface area (Å²) in [5, 5.41) is 7.87. The Hall–Kier alpha value is -4.27. The molecule has 1 aliphatic rings. The summed E-state index contributed by atoms with van der Waals surface area (Å²) in [6.07, 6.45) is 0. The highest BCUT2D eigenvalue weighted by Crippen LogP contribution is 2.32. The highest BCUT2D eigenvalue weighted by molar-refractivity contribution is 7.14. The molecule has 3 aromatic carbocycles. The second-order valence-corrected chi connectivity index (χ2v) is 9.72. The van der Waals surface area contributed by atoms with Crippen LogP contribution in [0.5, 0.6) is 0 Å². The van der Waals surface area contributed by atoms with Crippen LogP contribution in [0.3, 0.4) is 0 Å². The minimum atomic E-state index is -0.604. The summed E-state index contributed by atoms with van der Waals surface area (Å²) in [6, 6.07) is 21.7. The van der Waals surface area contributed by atoms with Gasteiger partial charge in [-0.2, -0.15) is 0 Å². The van der Waals surface area contributed by atoms with Crippen molar-refractivity contribution < 1.29 is 14.4 Å². The van der Waals surface area contributed by atoms with Crippen molar-refractivity contribution in [3.05, 3.63) is 106 Å². The van der Waals surface area contributed by atoms with Crippen LogP contribution in [0.1, 0.15) is 21.5 Å². The number of anilines is 3. The zero-order valence-electron chi connectivity index (χ0n) is 19.9. The fourth-order valence-corrected chi connectivity index (χ4v) is 4.94. The third kappa shape index (κ3) is 4.89. The molecule has 1 aromatic heterocycles. The first-order chi connectivity index (χ1) is 17.8. The van der Waals surface area contributed by atoms with Crippen molar-refractivity contribution in [3.8, 4) is 11.3 Å². The number of halogens is 1. The van der Waals surface area contributed by atoms with Crippen molar-refractivity contribution in [1.29, 1.82) is 0 Å². The first kappa shape index (κ1) is 24.4. The van der Waals surface area contributed by atoms with E-state index < -0.39 is 11.8 Å². The summed E-state index contributed by atoms with van der Waals surface area (Å²) in [4.78, 5) is 44.4. The number of imide groups is 1. The van der Waals surface area contributed by atoms with Crippen molar-refractivity contribution in [3.63, 3.8) is 0 Å². The first-order valence-corrected chi connectivity index (χ1v) is 12.6. The molecule has 37 heavy (non-hydrogen) atoms. The molecule has 3 amide bonds. The summed E-state index contributed by atoms with van der Waals surface area (Å²) in [6.45, 7) is 3.76. The summed E-state index contributed by atoms with van der Waals surface area (Å²) in [7, 11) is 0. The topological polar surface area (TPSA) is 91.4 Å². The Bertz CT molecular complexity index is 1580. The summed E-state index contributed by atoms with van der Waals surface area (Å²) in [5.41, 5.74) is 4.75. The number of benzene rings is 3. The Morgan fingerprint density at radius 2 is 1.73 bits per heavy atom. The standard InChI is InChI=1S/C28H21ClN4O3S/c1-16-11-12-22(17(2)13-16)33-26(35)23(29)24(27(33)36)30-20-10-6-9-19(14-20)25(34)32-28-31-21(15-37-28)18-7-4-3-5-8-18/h3-15,30H,1-2H3,(H,31,32,34). The maximum absolute atomic E-state index is 13.2. The van der Waals surface area contributed by atoms with Gasteiger partial charge in [0.1, 0.15) is 10.7 Å². The fourth-order valence-electron chi connectivity index (χ4n) is 4.01. The second kappa shape index (κ2) is 10.0. The molecule has 7 nitrogen and oxygen atoms in total. The van der Waals surface area contributed by atoms with Crippen LogP contribution >= 0.6 is 22.9 Å². The van der Waals surface area contributed by atoms with Gasteiger partial charge < -0.3 is 5.32 Å². The molecule has 0 saturated heterocycles. The molecule has 0 unspecified atom stereocenters. The minimum absolute atomic E-state index is 0.0448. The Morgan fingerprint density at radius 3 is 2.49 bits per heavy atom. The SMILES string of the molecule is Cc1ccc(N2C(=O)C(Cl)=C(Nc3cccc(C(=O)Nc4nc(-c5ccccc5)cs4)c3)C2=O)c(C)c1. The van der Waals surface area contributed by atoms with E-state index in [-0.39, 0.29) is 16.6 Å². The molecule has 4 aromatic rings. The van der Waals surface area contributed by atoms with Gasteiger partial charge in [-0.25, -0.2) is 9.88 Å². The third-order valence-corrected chi connectivity index (χ3v) is 6.92. The maximum Gasteiger partial charge on any atom is 0.283 e. The van der Waals surface area contributed by atoms with E-state index in [0.29, 0.717) is 22.1 Å². The zero-order valence-corrected chi connectivity index (χ0v) is 21.5. The largest absolute Gasteiger partial charge is 0.350 e. The Balaban J connectivity index is 1.32. The molecule has 184 valence electrons. The van der Waals surface area contributed by atoms with E-state index in [1.165, 1.54) is 11.3 Å². The van der Waals surface area contributed by atoms with Gasteiger partial charge in [-0.3, -0.25) is 19.7 Å². The Morgan fingerprint density at radius 1 is 0.946 bits per heavy atom. The van der Waals surface area contributed by atoms with Gasteiger partial charge >= 0.3 is 0 Å². The number of rotatable bonds is 6. The number of carbonyl (C=O) groups excluding carboxylic acids is 3. The molecule has 9 heteroatoms. The molecule has 0 aliphatic carbocycles. The van der Waals surface area contributed by atoms with Gasteiger partial charge in [0.05, 0.1) is 11.4 Å². The van der Waals surface area contributed by atoms with Gasteiger partial charge in [-0.15, -0.1) is 11.3 Å². The molecule has 0 spiro atoms. The Kier molecular flexibility index (Phi) is 6.60. The molecule has 0 fully saturated rings. The van der Waals surface area contributed by atoms with Crippen LogP contribution in [0.4, 0.5) is 16.5 Å². The molecule has 0 atom stereocenters. The summed E-state index contributed by atoms with van der Waals surface area (Å²) in [5.74, 6) is -1.52. The highest BCUT2D eigenvalue weighted by Gasteiger charge is 2.39. The smallest absolute Gasteiger partial charge is 0.283 e. The van der Waals surface area contributed by atoms with Crippen molar-refractivity contribution in [2.45, 2.75) is 13.8 Å². The molecular weight excluding hydrogens is 508 g/mol. The molecule has 0 radical (unpaired) electrons. The van der Waals surface area contributed by atoms with Gasteiger partial charge in [0.15, 0.2) is 5.13 Å². The van der Waals surface area contributed by atoms with Crippen LogP contribution < -0.4 is 15.5 Å². The van der Waals surface area contributed by atoms with Crippen molar-refractivity contribution in [2.24, 2.45) is 0 Å². The van der Waals surface area contributed by atoms with E-state index in [2.05, 4.69) is 15.6 Å². The fraction of sp³-hybridized carbons (Fsp3) is 0.0714. The lowest BCUT2D eigenvalue weighted by Gasteiger charge is -2.18. The molecule has 1 aliphatic heterocycles. The van der Waals surface area contributed by atoms with Crippen molar-refractivity contribution >= 4 is 57.2 Å². The maximum atomic E-state index is 13.2. The lowest BCUT2D eigenvalue weighted by Crippen LogP contribution is -2.32. The third-order valence-electron chi connectivity index (χ3n) is 5.81. The average Bonchev–Trinajstić information content (AvgIpc) is 3.44. The van der Waals surface area contributed by atoms with E-state index in [9.17, 15) is 14.4 Å². The van der Waals surface area contributed by atoms with E-state index >= 15 is 0 Å². The van der Waals surface area contributed by atoms with Crippen LogP contribution in [0, 0.1) is 13.8 Å². The van der Waals surface area contributed by atoms with Crippen molar-refractivity contribution in [2.75, 3.05) is 15.5 Å². The summed E-state index contributed by atoms with van der Waals surface area (Å²) >= 11 is 7.61. The number of aryl methyl sites for hydroxylation is 2. The zero-order chi connectivity index (χ0) is 26.1. The number of hydrogen-bond acceptors (Lipinski definition) is 6. The van der Waals surface area contributed by atoms with Gasteiger partial charge in [0, 0.05) is 22.2 Å². The minimum Gasteiger partial charge on any atom is -0.350 e. The van der Waals surface area contributed by atoms with Crippen molar-refractivity contribution in [1.82, 2.24) is 4.98 Å². The molecular formula is C28H21ClN4O3S. The average molecular weight is 529 g/mol. The molecule has 0 saturated carbocycles. The number of nitrogens with zero attached hydrogens (tertiary/aromatic N) is 2. The van der Waals surface area contributed by atoms with Gasteiger partial charge in [0.25, 0.3) is 17.7 Å². The van der Waals surface area contributed by atoms with E-state index in [0.717, 1.165) is 27.3 Å². The lowest BCUT2D eigenvalue weighted by atomic mass is 10.1. The van der Waals surface area contributed by atoms with Gasteiger partial charge in [-0.1, -0.05) is 65.7 Å². The highest BCUT2D eigenvalue weighted by atomic mass is 35.5. The summed E-state index contributed by atoms with van der Waals surface area (Å²) < 4.78 is 0. The van der Waals surface area contributed by atoms with Gasteiger partial charge in [0.2, 0.25) is 0 Å². The monoisotopic (exact) mass is 528 g/mol. The molecule has 2 N–H and O–H groups in total. The number of thiazole rings is 1. The van der Waals surface area contributed by atoms with Crippen LogP contribution in [-0.4, -0.2) is 22.7 Å². The van der Waals surface area contributed by atoms with Crippen LogP contribution in [-0.2, 0) is 9.59 Å². The lowest BCUT2D eigenvalue weighted by molar-refractivity contribution is -0.120. The molecule has 0 bridgehead atoms. The van der Waals surface area contributed by atoms with Crippen LogP contribution in [0.25, 0.3) is 11.3 Å². The van der Waals surface area contributed by atoms with Crippen LogP contribution in [0.15, 0.2) is 88.9 Å². The van der Waals surface area contributed by atoms with Crippen LogP contribution in [0.2, 0.25) is 0 Å². The number of hydrogen-bond donors (Lipinski definition) is 2. The molecule has 2 heterocycles. The first-order valence-electron chi connectivity index (χ1n) is 11.4. The number of amides is 3. The predicted octanol–water partition coefficient (Wildman–Crippen LogP) is 6.11.